The Labute approximate surface area is 214 Å². The lowest BCUT2D eigenvalue weighted by molar-refractivity contribution is -0.605. The maximum absolute atomic E-state index is 13.3. The van der Waals surface area contributed by atoms with Crippen LogP contribution < -0.4 is 4.73 Å². The first-order chi connectivity index (χ1) is 17.2. The number of hydrogen-bond donors (Lipinski definition) is 0. The molecule has 184 valence electrons. The summed E-state index contributed by atoms with van der Waals surface area (Å²) >= 11 is 6.03. The van der Waals surface area contributed by atoms with E-state index in [2.05, 4.69) is 0 Å². The number of nitrogens with zero attached hydrogens (tertiary/aromatic N) is 3. The van der Waals surface area contributed by atoms with E-state index in [1.807, 2.05) is 19.1 Å². The summed E-state index contributed by atoms with van der Waals surface area (Å²) in [7, 11) is -3.69. The van der Waals surface area contributed by atoms with Crippen LogP contribution in [-0.2, 0) is 10.0 Å². The van der Waals surface area contributed by atoms with Crippen molar-refractivity contribution in [3.05, 3.63) is 100 Å². The standard InChI is InChI=1S/C27H24ClN3O4S/c1-19-16-23(4-7-26(19)20-8-10-30(33)11-9-20)27(32)29-12-14-31(15-13-29)36(34,35)25-6-3-21-17-24(28)5-2-22(21)18-25/h2-11,16-18H,12-15H2,1H3. The largest absolute Gasteiger partial charge is 0.619 e. The zero-order chi connectivity index (χ0) is 25.4. The van der Waals surface area contributed by atoms with E-state index in [4.69, 9.17) is 11.6 Å². The minimum absolute atomic E-state index is 0.130. The van der Waals surface area contributed by atoms with Gasteiger partial charge < -0.3 is 10.1 Å². The molecule has 5 rings (SSSR count). The molecule has 7 nitrogen and oxygen atoms in total. The first-order valence-corrected chi connectivity index (χ1v) is 13.3. The second-order valence-corrected chi connectivity index (χ2v) is 11.2. The van der Waals surface area contributed by atoms with E-state index in [1.165, 1.54) is 16.7 Å². The van der Waals surface area contributed by atoms with Gasteiger partial charge >= 0.3 is 0 Å². The number of sulfonamides is 1. The van der Waals surface area contributed by atoms with Gasteiger partial charge in [-0.05, 0) is 70.8 Å². The minimum atomic E-state index is -3.69. The molecular weight excluding hydrogens is 498 g/mol. The fraction of sp³-hybridized carbons (Fsp3) is 0.185. The third-order valence-electron chi connectivity index (χ3n) is 6.52. The molecule has 0 aliphatic carbocycles. The average molecular weight is 522 g/mol. The van der Waals surface area contributed by atoms with Crippen molar-refractivity contribution in [2.45, 2.75) is 11.8 Å². The molecule has 1 fully saturated rings. The van der Waals surface area contributed by atoms with Crippen molar-refractivity contribution in [1.29, 1.82) is 0 Å². The van der Waals surface area contributed by atoms with E-state index < -0.39 is 10.0 Å². The molecule has 0 radical (unpaired) electrons. The second kappa shape index (κ2) is 9.54. The Morgan fingerprint density at radius 2 is 1.56 bits per heavy atom. The van der Waals surface area contributed by atoms with Crippen molar-refractivity contribution >= 4 is 38.3 Å². The normalized spacial score (nSPS) is 14.8. The Hall–Kier alpha value is -3.46. The van der Waals surface area contributed by atoms with Gasteiger partial charge in [-0.2, -0.15) is 9.04 Å². The van der Waals surface area contributed by atoms with E-state index in [0.717, 1.165) is 32.2 Å². The van der Waals surface area contributed by atoms with Crippen LogP contribution in [0.1, 0.15) is 15.9 Å². The van der Waals surface area contributed by atoms with Crippen LogP contribution in [0.25, 0.3) is 21.9 Å². The Kier molecular flexibility index (Phi) is 6.42. The van der Waals surface area contributed by atoms with Crippen molar-refractivity contribution in [1.82, 2.24) is 9.21 Å². The SMILES string of the molecule is Cc1cc(C(=O)N2CCN(S(=O)(=O)c3ccc4cc(Cl)ccc4c3)CC2)ccc1-c1cc[n+]([O-])cc1. The first-order valence-electron chi connectivity index (χ1n) is 11.5. The fourth-order valence-electron chi connectivity index (χ4n) is 4.53. The lowest BCUT2D eigenvalue weighted by atomic mass is 9.99. The number of piperazine rings is 1. The van der Waals surface area contributed by atoms with Crippen LogP contribution in [0.5, 0.6) is 0 Å². The Morgan fingerprint density at radius 1 is 0.889 bits per heavy atom. The average Bonchev–Trinajstić information content (AvgIpc) is 2.88. The lowest BCUT2D eigenvalue weighted by Crippen LogP contribution is -2.50. The maximum Gasteiger partial charge on any atom is 0.253 e. The van der Waals surface area contributed by atoms with Crippen LogP contribution in [0, 0.1) is 12.1 Å². The molecule has 0 saturated carbocycles. The Bertz CT molecular complexity index is 1560. The number of carbonyl (C=O) groups is 1. The molecule has 1 aromatic heterocycles. The molecule has 4 aromatic rings. The molecule has 0 unspecified atom stereocenters. The molecule has 0 bridgehead atoms. The van der Waals surface area contributed by atoms with Crippen molar-refractivity contribution in [3.8, 4) is 11.1 Å². The van der Waals surface area contributed by atoms with E-state index in [1.54, 1.807) is 59.5 Å². The van der Waals surface area contributed by atoms with Gasteiger partial charge in [0, 0.05) is 48.9 Å². The number of carbonyl (C=O) groups excluding carboxylic acids is 1. The third kappa shape index (κ3) is 4.67. The fourth-order valence-corrected chi connectivity index (χ4v) is 6.17. The molecule has 0 atom stereocenters. The minimum Gasteiger partial charge on any atom is -0.619 e. The molecule has 1 aliphatic rings. The number of aromatic nitrogens is 1. The van der Waals surface area contributed by atoms with Gasteiger partial charge in [0.1, 0.15) is 0 Å². The smallest absolute Gasteiger partial charge is 0.253 e. The molecular formula is C27H24ClN3O4S. The molecule has 3 aromatic carbocycles. The number of amides is 1. The van der Waals surface area contributed by atoms with Gasteiger partial charge in [-0.3, -0.25) is 4.79 Å². The highest BCUT2D eigenvalue weighted by Gasteiger charge is 2.30. The van der Waals surface area contributed by atoms with Crippen LogP contribution in [0.2, 0.25) is 5.02 Å². The molecule has 2 heterocycles. The van der Waals surface area contributed by atoms with Gasteiger partial charge in [0.05, 0.1) is 4.90 Å². The number of aryl methyl sites for hydroxylation is 1. The zero-order valence-corrected chi connectivity index (χ0v) is 21.2. The van der Waals surface area contributed by atoms with Crippen LogP contribution in [0.4, 0.5) is 0 Å². The van der Waals surface area contributed by atoms with E-state index in [0.29, 0.717) is 23.7 Å². The van der Waals surface area contributed by atoms with Crippen molar-refractivity contribution in [2.75, 3.05) is 26.2 Å². The van der Waals surface area contributed by atoms with Gasteiger partial charge in [0.2, 0.25) is 10.0 Å². The number of benzene rings is 3. The molecule has 1 aliphatic heterocycles. The number of halogens is 1. The summed E-state index contributed by atoms with van der Waals surface area (Å²) in [5, 5.41) is 13.6. The predicted octanol–water partition coefficient (Wildman–Crippen LogP) is 4.25. The van der Waals surface area contributed by atoms with Gasteiger partial charge in [-0.15, -0.1) is 0 Å². The Balaban J connectivity index is 1.28. The van der Waals surface area contributed by atoms with Crippen molar-refractivity contribution in [3.63, 3.8) is 0 Å². The summed E-state index contributed by atoms with van der Waals surface area (Å²) in [6.45, 7) is 2.99. The number of hydrogen-bond acceptors (Lipinski definition) is 4. The Morgan fingerprint density at radius 3 is 2.25 bits per heavy atom. The second-order valence-electron chi connectivity index (χ2n) is 8.83. The molecule has 1 saturated heterocycles. The summed E-state index contributed by atoms with van der Waals surface area (Å²) in [6.07, 6.45) is 2.88. The highest BCUT2D eigenvalue weighted by Crippen LogP contribution is 2.27. The van der Waals surface area contributed by atoms with E-state index in [-0.39, 0.29) is 23.9 Å². The zero-order valence-electron chi connectivity index (χ0n) is 19.6. The van der Waals surface area contributed by atoms with Gasteiger partial charge in [-0.1, -0.05) is 29.8 Å². The predicted molar refractivity (Wildman–Crippen MR) is 139 cm³/mol. The lowest BCUT2D eigenvalue weighted by Gasteiger charge is -2.34. The summed E-state index contributed by atoms with van der Waals surface area (Å²) < 4.78 is 28.7. The summed E-state index contributed by atoms with van der Waals surface area (Å²) in [4.78, 5) is 15.1. The third-order valence-corrected chi connectivity index (χ3v) is 8.65. The maximum atomic E-state index is 13.3. The van der Waals surface area contributed by atoms with Gasteiger partial charge in [0.25, 0.3) is 5.91 Å². The van der Waals surface area contributed by atoms with Gasteiger partial charge in [-0.25, -0.2) is 8.42 Å². The van der Waals surface area contributed by atoms with Crippen LogP contribution in [0.3, 0.4) is 0 Å². The van der Waals surface area contributed by atoms with Crippen molar-refractivity contribution in [2.24, 2.45) is 0 Å². The molecule has 36 heavy (non-hydrogen) atoms. The number of fused-ring (bicyclic) bond motifs is 1. The molecule has 9 heteroatoms. The number of pyridine rings is 1. The van der Waals surface area contributed by atoms with E-state index >= 15 is 0 Å². The van der Waals surface area contributed by atoms with Crippen LogP contribution in [0.15, 0.2) is 84.0 Å². The van der Waals surface area contributed by atoms with Crippen molar-refractivity contribution < 1.29 is 17.9 Å². The summed E-state index contributed by atoms with van der Waals surface area (Å²) in [6, 6.07) is 19.3. The molecule has 1 amide bonds. The van der Waals surface area contributed by atoms with Crippen LogP contribution >= 0.6 is 11.6 Å². The highest BCUT2D eigenvalue weighted by atomic mass is 35.5. The molecule has 0 spiro atoms. The van der Waals surface area contributed by atoms with E-state index in [9.17, 15) is 18.4 Å². The first kappa shape index (κ1) is 24.2. The summed E-state index contributed by atoms with van der Waals surface area (Å²) in [5.74, 6) is -0.130. The molecule has 0 N–H and O–H groups in total. The van der Waals surface area contributed by atoms with Gasteiger partial charge in [0.15, 0.2) is 12.4 Å². The highest BCUT2D eigenvalue weighted by molar-refractivity contribution is 7.89. The summed E-state index contributed by atoms with van der Waals surface area (Å²) in [5.41, 5.74) is 3.31. The topological polar surface area (TPSA) is 84.6 Å². The monoisotopic (exact) mass is 521 g/mol. The number of rotatable bonds is 4. The van der Waals surface area contributed by atoms with Crippen LogP contribution in [-0.4, -0.2) is 49.7 Å². The quantitative estimate of drug-likeness (QED) is 0.297.